The van der Waals surface area contributed by atoms with Crippen molar-refractivity contribution in [2.24, 2.45) is 0 Å². The van der Waals surface area contributed by atoms with E-state index < -0.39 is 21.1 Å². The fourth-order valence-electron chi connectivity index (χ4n) is 3.83. The second kappa shape index (κ2) is 5.49. The molecule has 3 rings (SSSR count). The number of fused-ring (bicyclic) bond motifs is 1. The Balaban J connectivity index is 2.25. The van der Waals surface area contributed by atoms with Crippen LogP contribution in [0, 0.1) is 0 Å². The van der Waals surface area contributed by atoms with Crippen molar-refractivity contribution in [3.8, 4) is 5.75 Å². The summed E-state index contributed by atoms with van der Waals surface area (Å²) in [6, 6.07) is 5.12. The molecule has 2 atom stereocenters. The number of benzene rings is 1. The lowest BCUT2D eigenvalue weighted by Crippen LogP contribution is -2.60. The quantitative estimate of drug-likeness (QED) is 0.810. The molecule has 1 fully saturated rings. The van der Waals surface area contributed by atoms with Crippen molar-refractivity contribution in [2.45, 2.75) is 36.7 Å². The first-order valence-electron chi connectivity index (χ1n) is 7.49. The lowest BCUT2D eigenvalue weighted by molar-refractivity contribution is 0.0125. The summed E-state index contributed by atoms with van der Waals surface area (Å²) in [5.41, 5.74) is 1.27. The summed E-state index contributed by atoms with van der Waals surface area (Å²) in [4.78, 5) is -0.0547. The number of methoxy groups -OCH3 is 1. The Morgan fingerprint density at radius 1 is 1.32 bits per heavy atom. The van der Waals surface area contributed by atoms with Crippen molar-refractivity contribution in [1.82, 2.24) is 4.90 Å². The standard InChI is InChI=1S/C15H21NO5S/c1-21-12-5-6-13-11(10-12)4-7-14(17)15(13,22(18,19)20)16-8-2-3-9-16/h5-6,10,14,17H,2-4,7-9H2,1H3,(H,18,19,20). The molecule has 1 heterocycles. The molecule has 0 spiro atoms. The Bertz CT molecular complexity index is 669. The van der Waals surface area contributed by atoms with Crippen LogP contribution in [-0.2, 0) is 21.4 Å². The van der Waals surface area contributed by atoms with Crippen LogP contribution in [0.5, 0.6) is 5.75 Å². The highest BCUT2D eigenvalue weighted by Crippen LogP contribution is 2.46. The molecule has 0 aromatic heterocycles. The Kier molecular flexibility index (Phi) is 3.92. The van der Waals surface area contributed by atoms with E-state index >= 15 is 0 Å². The molecule has 0 bridgehead atoms. The summed E-state index contributed by atoms with van der Waals surface area (Å²) in [5, 5.41) is 10.6. The van der Waals surface area contributed by atoms with Gasteiger partial charge in [0.25, 0.3) is 10.1 Å². The normalized spacial score (nSPS) is 29.3. The van der Waals surface area contributed by atoms with Gasteiger partial charge in [-0.15, -0.1) is 0 Å². The molecule has 6 nitrogen and oxygen atoms in total. The fraction of sp³-hybridized carbons (Fsp3) is 0.600. The van der Waals surface area contributed by atoms with E-state index in [9.17, 15) is 18.1 Å². The monoisotopic (exact) mass is 327 g/mol. The lowest BCUT2D eigenvalue weighted by Gasteiger charge is -2.46. The number of hydrogen-bond donors (Lipinski definition) is 2. The third-order valence-corrected chi connectivity index (χ3v) is 6.34. The summed E-state index contributed by atoms with van der Waals surface area (Å²) >= 11 is 0. The molecular weight excluding hydrogens is 306 g/mol. The van der Waals surface area contributed by atoms with E-state index in [0.29, 0.717) is 30.8 Å². The zero-order valence-electron chi connectivity index (χ0n) is 12.5. The molecule has 0 amide bonds. The zero-order chi connectivity index (χ0) is 16.0. The van der Waals surface area contributed by atoms with Gasteiger partial charge in [0.2, 0.25) is 4.87 Å². The van der Waals surface area contributed by atoms with Gasteiger partial charge in [0, 0.05) is 13.1 Å². The van der Waals surface area contributed by atoms with E-state index in [4.69, 9.17) is 4.74 Å². The first-order chi connectivity index (χ1) is 10.4. The molecule has 122 valence electrons. The van der Waals surface area contributed by atoms with Gasteiger partial charge in [0.1, 0.15) is 5.75 Å². The maximum atomic E-state index is 12.3. The van der Waals surface area contributed by atoms with Gasteiger partial charge in [-0.2, -0.15) is 8.42 Å². The Labute approximate surface area is 130 Å². The smallest absolute Gasteiger partial charge is 0.291 e. The van der Waals surface area contributed by atoms with Gasteiger partial charge in [0.05, 0.1) is 13.2 Å². The molecular formula is C15H21NO5S. The number of nitrogens with zero attached hydrogens (tertiary/aromatic N) is 1. The van der Waals surface area contributed by atoms with Gasteiger partial charge in [-0.25, -0.2) is 0 Å². The van der Waals surface area contributed by atoms with E-state index in [1.165, 1.54) is 0 Å². The number of aliphatic hydroxyl groups is 1. The highest BCUT2D eigenvalue weighted by Gasteiger charge is 2.58. The average molecular weight is 327 g/mol. The van der Waals surface area contributed by atoms with Crippen LogP contribution >= 0.6 is 0 Å². The fourth-order valence-corrected chi connectivity index (χ4v) is 5.27. The third-order valence-electron chi connectivity index (χ3n) is 4.81. The summed E-state index contributed by atoms with van der Waals surface area (Å²) in [6.07, 6.45) is 1.40. The highest BCUT2D eigenvalue weighted by atomic mass is 32.2. The van der Waals surface area contributed by atoms with Gasteiger partial charge < -0.3 is 9.84 Å². The summed E-state index contributed by atoms with van der Waals surface area (Å²) < 4.78 is 39.9. The van der Waals surface area contributed by atoms with Crippen molar-refractivity contribution >= 4 is 10.1 Å². The molecule has 1 saturated heterocycles. The molecule has 1 aliphatic carbocycles. The van der Waals surface area contributed by atoms with Crippen molar-refractivity contribution < 1.29 is 22.8 Å². The molecule has 1 aromatic rings. The second-order valence-electron chi connectivity index (χ2n) is 5.94. The van der Waals surface area contributed by atoms with Crippen molar-refractivity contribution in [3.05, 3.63) is 29.3 Å². The predicted octanol–water partition coefficient (Wildman–Crippen LogP) is 1.14. The van der Waals surface area contributed by atoms with Crippen LogP contribution < -0.4 is 4.74 Å². The second-order valence-corrected chi connectivity index (χ2v) is 7.52. The number of ether oxygens (including phenoxy) is 1. The van der Waals surface area contributed by atoms with Crippen molar-refractivity contribution in [1.29, 1.82) is 0 Å². The molecule has 2 N–H and O–H groups in total. The number of aryl methyl sites for hydroxylation is 1. The lowest BCUT2D eigenvalue weighted by atomic mass is 9.84. The van der Waals surface area contributed by atoms with Crippen molar-refractivity contribution in [2.75, 3.05) is 20.2 Å². The van der Waals surface area contributed by atoms with Crippen LogP contribution in [0.15, 0.2) is 18.2 Å². The first kappa shape index (κ1) is 15.7. The SMILES string of the molecule is COc1ccc2c(c1)CCC(O)C2(N1CCCC1)S(=O)(=O)O. The maximum absolute atomic E-state index is 12.3. The Morgan fingerprint density at radius 2 is 2.00 bits per heavy atom. The molecule has 1 aromatic carbocycles. The number of aliphatic hydroxyl groups excluding tert-OH is 1. The summed E-state index contributed by atoms with van der Waals surface area (Å²) in [5.74, 6) is 0.640. The third kappa shape index (κ3) is 2.15. The largest absolute Gasteiger partial charge is 0.497 e. The van der Waals surface area contributed by atoms with Gasteiger partial charge in [-0.05, 0) is 48.9 Å². The van der Waals surface area contributed by atoms with E-state index in [2.05, 4.69) is 0 Å². The molecule has 0 radical (unpaired) electrons. The minimum atomic E-state index is -4.52. The van der Waals surface area contributed by atoms with E-state index in [-0.39, 0.29) is 6.42 Å². The summed E-state index contributed by atoms with van der Waals surface area (Å²) in [7, 11) is -2.97. The van der Waals surface area contributed by atoms with Gasteiger partial charge in [-0.1, -0.05) is 6.07 Å². The highest BCUT2D eigenvalue weighted by molar-refractivity contribution is 7.86. The topological polar surface area (TPSA) is 87.1 Å². The van der Waals surface area contributed by atoms with Crippen LogP contribution in [0.4, 0.5) is 0 Å². The molecule has 2 aliphatic rings. The van der Waals surface area contributed by atoms with Gasteiger partial charge >= 0.3 is 0 Å². The van der Waals surface area contributed by atoms with Gasteiger partial charge in [0.15, 0.2) is 0 Å². The predicted molar refractivity (Wildman–Crippen MR) is 81.4 cm³/mol. The Morgan fingerprint density at radius 3 is 2.59 bits per heavy atom. The van der Waals surface area contributed by atoms with Crippen LogP contribution in [0.25, 0.3) is 0 Å². The first-order valence-corrected chi connectivity index (χ1v) is 8.93. The molecule has 2 unspecified atom stereocenters. The minimum Gasteiger partial charge on any atom is -0.497 e. The molecule has 0 saturated carbocycles. The van der Waals surface area contributed by atoms with Crippen LogP contribution in [0.2, 0.25) is 0 Å². The number of likely N-dealkylation sites (tertiary alicyclic amines) is 1. The summed E-state index contributed by atoms with van der Waals surface area (Å²) in [6.45, 7) is 1.09. The zero-order valence-corrected chi connectivity index (χ0v) is 13.3. The van der Waals surface area contributed by atoms with Crippen molar-refractivity contribution in [3.63, 3.8) is 0 Å². The van der Waals surface area contributed by atoms with E-state index in [0.717, 1.165) is 18.4 Å². The molecule has 22 heavy (non-hydrogen) atoms. The molecule has 1 aliphatic heterocycles. The minimum absolute atomic E-state index is 0.288. The van der Waals surface area contributed by atoms with Crippen LogP contribution in [-0.4, -0.2) is 49.3 Å². The Hall–Kier alpha value is -1.15. The number of hydrogen-bond acceptors (Lipinski definition) is 5. The van der Waals surface area contributed by atoms with Gasteiger partial charge in [-0.3, -0.25) is 9.45 Å². The maximum Gasteiger partial charge on any atom is 0.291 e. The average Bonchev–Trinajstić information content (AvgIpc) is 2.99. The molecule has 7 heteroatoms. The van der Waals surface area contributed by atoms with E-state index in [1.807, 2.05) is 0 Å². The van der Waals surface area contributed by atoms with Crippen LogP contribution in [0.1, 0.15) is 30.4 Å². The van der Waals surface area contributed by atoms with Crippen LogP contribution in [0.3, 0.4) is 0 Å². The van der Waals surface area contributed by atoms with E-state index in [1.54, 1.807) is 30.2 Å². The number of rotatable bonds is 3.